The summed E-state index contributed by atoms with van der Waals surface area (Å²) in [5.74, 6) is -0.121. The van der Waals surface area contributed by atoms with E-state index in [2.05, 4.69) is 5.32 Å². The van der Waals surface area contributed by atoms with Crippen LogP contribution >= 0.6 is 11.6 Å². The lowest BCUT2D eigenvalue weighted by Gasteiger charge is -2.34. The fraction of sp³-hybridized carbons (Fsp3) is 0.133. The van der Waals surface area contributed by atoms with Crippen LogP contribution in [0.5, 0.6) is 0 Å². The summed E-state index contributed by atoms with van der Waals surface area (Å²) < 4.78 is 0. The van der Waals surface area contributed by atoms with Gasteiger partial charge in [-0.25, -0.2) is 0 Å². The van der Waals surface area contributed by atoms with E-state index in [0.717, 1.165) is 5.69 Å². The molecule has 2 aliphatic rings. The number of benzene rings is 2. The predicted molar refractivity (Wildman–Crippen MR) is 77.1 cm³/mol. The number of anilines is 2. The minimum Gasteiger partial charge on any atom is -0.384 e. The molecule has 0 saturated heterocycles. The number of carbonyl (C=O) groups is 1. The summed E-state index contributed by atoms with van der Waals surface area (Å²) in [6.45, 7) is 0. The summed E-state index contributed by atoms with van der Waals surface area (Å²) in [5.41, 5.74) is 2.73. The summed E-state index contributed by atoms with van der Waals surface area (Å²) in [5, 5.41) is 14.2. The van der Waals surface area contributed by atoms with Crippen molar-refractivity contribution < 1.29 is 9.90 Å². The van der Waals surface area contributed by atoms with Gasteiger partial charge in [0.1, 0.15) is 12.3 Å². The molecule has 0 aliphatic carbocycles. The Morgan fingerprint density at radius 3 is 2.85 bits per heavy atom. The van der Waals surface area contributed by atoms with Crippen molar-refractivity contribution in [3.05, 3.63) is 58.6 Å². The van der Waals surface area contributed by atoms with Gasteiger partial charge in [-0.15, -0.1) is 0 Å². The molecular formula is C15H11ClN2O2. The minimum absolute atomic E-state index is 0.121. The van der Waals surface area contributed by atoms with Crippen molar-refractivity contribution in [2.24, 2.45) is 0 Å². The zero-order valence-corrected chi connectivity index (χ0v) is 11.1. The first kappa shape index (κ1) is 11.8. The van der Waals surface area contributed by atoms with Crippen LogP contribution in [0, 0.1) is 0 Å². The number of amides is 1. The lowest BCUT2D eigenvalue weighted by Crippen LogP contribution is -2.48. The topological polar surface area (TPSA) is 52.6 Å². The van der Waals surface area contributed by atoms with Gasteiger partial charge in [0.25, 0.3) is 5.91 Å². The largest absolute Gasteiger partial charge is 0.384 e. The highest BCUT2D eigenvalue weighted by atomic mass is 35.5. The van der Waals surface area contributed by atoms with Gasteiger partial charge in [0.15, 0.2) is 0 Å². The number of hydrogen-bond acceptors (Lipinski definition) is 3. The number of aliphatic hydroxyl groups excluding tert-OH is 1. The van der Waals surface area contributed by atoms with Gasteiger partial charge in [0, 0.05) is 16.3 Å². The molecule has 0 bridgehead atoms. The molecule has 5 heteroatoms. The molecule has 20 heavy (non-hydrogen) atoms. The smallest absolute Gasteiger partial charge is 0.262 e. The SMILES string of the molecule is O=C1c2ccccc2N[C@H]2[C@H](O)c3ccc(Cl)cc3N12. The molecule has 2 aromatic carbocycles. The average Bonchev–Trinajstić information content (AvgIpc) is 2.72. The normalized spacial score (nSPS) is 22.9. The number of aliphatic hydroxyl groups is 1. The molecule has 0 saturated carbocycles. The number of carbonyl (C=O) groups excluding carboxylic acids is 1. The second-order valence-electron chi connectivity index (χ2n) is 4.96. The van der Waals surface area contributed by atoms with Gasteiger partial charge in [0.2, 0.25) is 0 Å². The molecule has 2 aliphatic heterocycles. The third kappa shape index (κ3) is 1.43. The van der Waals surface area contributed by atoms with E-state index in [1.165, 1.54) is 0 Å². The summed E-state index contributed by atoms with van der Waals surface area (Å²) in [7, 11) is 0. The quantitative estimate of drug-likeness (QED) is 0.783. The Hall–Kier alpha value is -2.04. The lowest BCUT2D eigenvalue weighted by atomic mass is 10.1. The van der Waals surface area contributed by atoms with Crippen molar-refractivity contribution >= 4 is 28.9 Å². The molecule has 0 unspecified atom stereocenters. The summed E-state index contributed by atoms with van der Waals surface area (Å²) >= 11 is 6.01. The molecule has 0 fully saturated rings. The second-order valence-corrected chi connectivity index (χ2v) is 5.39. The van der Waals surface area contributed by atoms with Crippen LogP contribution in [0.3, 0.4) is 0 Å². The summed E-state index contributed by atoms with van der Waals surface area (Å²) in [6, 6.07) is 12.5. The number of fused-ring (bicyclic) bond motifs is 4. The van der Waals surface area contributed by atoms with Crippen LogP contribution in [0.4, 0.5) is 11.4 Å². The molecule has 4 nitrogen and oxygen atoms in total. The number of hydrogen-bond donors (Lipinski definition) is 2. The minimum atomic E-state index is -0.764. The van der Waals surface area contributed by atoms with Crippen molar-refractivity contribution in [1.82, 2.24) is 0 Å². The van der Waals surface area contributed by atoms with Crippen LogP contribution < -0.4 is 10.2 Å². The van der Waals surface area contributed by atoms with Crippen molar-refractivity contribution in [2.75, 3.05) is 10.2 Å². The molecule has 4 rings (SSSR count). The van der Waals surface area contributed by atoms with E-state index in [1.54, 1.807) is 29.2 Å². The van der Waals surface area contributed by atoms with E-state index in [4.69, 9.17) is 11.6 Å². The Morgan fingerprint density at radius 1 is 1.20 bits per heavy atom. The average molecular weight is 287 g/mol. The maximum atomic E-state index is 12.6. The molecule has 2 N–H and O–H groups in total. The molecular weight excluding hydrogens is 276 g/mol. The van der Waals surface area contributed by atoms with E-state index in [9.17, 15) is 9.90 Å². The standard InChI is InChI=1S/C15H11ClN2O2/c16-8-5-6-10-12(7-8)18-14(13(10)19)17-11-4-2-1-3-9(11)15(18)20/h1-7,13-14,17,19H/t13-,14-/m1/s1. The Bertz CT molecular complexity index is 732. The van der Waals surface area contributed by atoms with Gasteiger partial charge in [-0.2, -0.15) is 0 Å². The highest BCUT2D eigenvalue weighted by Crippen LogP contribution is 2.44. The molecule has 1 amide bonds. The monoisotopic (exact) mass is 286 g/mol. The van der Waals surface area contributed by atoms with Crippen LogP contribution in [0.2, 0.25) is 5.02 Å². The first-order chi connectivity index (χ1) is 9.66. The fourth-order valence-corrected chi connectivity index (χ4v) is 3.07. The number of nitrogens with one attached hydrogen (secondary N) is 1. The molecule has 0 spiro atoms. The third-order valence-electron chi connectivity index (χ3n) is 3.83. The zero-order valence-electron chi connectivity index (χ0n) is 10.4. The van der Waals surface area contributed by atoms with Gasteiger partial charge in [-0.05, 0) is 24.3 Å². The Labute approximate surface area is 120 Å². The maximum absolute atomic E-state index is 12.6. The van der Waals surface area contributed by atoms with Gasteiger partial charge in [-0.3, -0.25) is 9.69 Å². The number of halogens is 1. The molecule has 2 atom stereocenters. The molecule has 0 aromatic heterocycles. The third-order valence-corrected chi connectivity index (χ3v) is 4.06. The van der Waals surface area contributed by atoms with E-state index in [-0.39, 0.29) is 5.91 Å². The first-order valence-electron chi connectivity index (χ1n) is 6.33. The number of nitrogens with zero attached hydrogens (tertiary/aromatic N) is 1. The van der Waals surface area contributed by atoms with Gasteiger partial charge in [0.05, 0.1) is 11.3 Å². The van der Waals surface area contributed by atoms with Gasteiger partial charge < -0.3 is 10.4 Å². The van der Waals surface area contributed by atoms with E-state index < -0.39 is 12.3 Å². The highest BCUT2D eigenvalue weighted by molar-refractivity contribution is 6.31. The summed E-state index contributed by atoms with van der Waals surface area (Å²) in [4.78, 5) is 14.2. The van der Waals surface area contributed by atoms with Crippen molar-refractivity contribution in [3.8, 4) is 0 Å². The van der Waals surface area contributed by atoms with Crippen molar-refractivity contribution in [2.45, 2.75) is 12.3 Å². The van der Waals surface area contributed by atoms with Gasteiger partial charge >= 0.3 is 0 Å². The Kier molecular flexibility index (Phi) is 2.34. The predicted octanol–water partition coefficient (Wildman–Crippen LogP) is 2.79. The van der Waals surface area contributed by atoms with Crippen molar-refractivity contribution in [1.29, 1.82) is 0 Å². The molecule has 0 radical (unpaired) electrons. The number of para-hydroxylation sites is 1. The summed E-state index contributed by atoms with van der Waals surface area (Å²) in [6.07, 6.45) is -1.24. The highest BCUT2D eigenvalue weighted by Gasteiger charge is 2.44. The first-order valence-corrected chi connectivity index (χ1v) is 6.71. The molecule has 2 aromatic rings. The maximum Gasteiger partial charge on any atom is 0.262 e. The fourth-order valence-electron chi connectivity index (χ4n) is 2.90. The Morgan fingerprint density at radius 2 is 2.00 bits per heavy atom. The number of rotatable bonds is 0. The lowest BCUT2D eigenvalue weighted by molar-refractivity contribution is 0.0941. The molecule has 100 valence electrons. The van der Waals surface area contributed by atoms with Gasteiger partial charge in [-0.1, -0.05) is 29.8 Å². The van der Waals surface area contributed by atoms with Crippen LogP contribution in [0.15, 0.2) is 42.5 Å². The van der Waals surface area contributed by atoms with E-state index >= 15 is 0 Å². The van der Waals surface area contributed by atoms with E-state index in [1.807, 2.05) is 18.2 Å². The van der Waals surface area contributed by atoms with Crippen LogP contribution in [-0.2, 0) is 0 Å². The second kappa shape index (κ2) is 3.98. The van der Waals surface area contributed by atoms with Crippen LogP contribution in [0.1, 0.15) is 22.0 Å². The molecule has 2 heterocycles. The van der Waals surface area contributed by atoms with Crippen LogP contribution in [0.25, 0.3) is 0 Å². The van der Waals surface area contributed by atoms with Crippen LogP contribution in [-0.4, -0.2) is 17.2 Å². The zero-order chi connectivity index (χ0) is 13.9. The van der Waals surface area contributed by atoms with E-state index in [0.29, 0.717) is 21.8 Å². The Balaban J connectivity index is 1.91. The van der Waals surface area contributed by atoms with Crippen molar-refractivity contribution in [3.63, 3.8) is 0 Å².